The Bertz CT molecular complexity index is 962. The van der Waals surface area contributed by atoms with E-state index in [0.717, 1.165) is 35.6 Å². The monoisotopic (exact) mass is 380 g/mol. The summed E-state index contributed by atoms with van der Waals surface area (Å²) in [5.41, 5.74) is 4.16. The summed E-state index contributed by atoms with van der Waals surface area (Å²) in [6.07, 6.45) is 3.88. The van der Waals surface area contributed by atoms with E-state index in [1.807, 2.05) is 61.2 Å². The van der Waals surface area contributed by atoms with E-state index in [9.17, 15) is 4.79 Å². The van der Waals surface area contributed by atoms with E-state index in [1.54, 1.807) is 10.9 Å². The minimum atomic E-state index is 0.0427. The lowest BCUT2D eigenvalue weighted by Crippen LogP contribution is -2.32. The minimum absolute atomic E-state index is 0.0427. The molecule has 1 amide bonds. The molecule has 1 fully saturated rings. The number of pyridine rings is 1. The molecule has 2 aromatic heterocycles. The third-order valence-corrected chi connectivity index (χ3v) is 5.42. The second-order valence-corrected chi connectivity index (χ2v) is 7.31. The molecular weight excluding hydrogens is 360 g/mol. The molecule has 2 heterocycles. The molecule has 0 atom stereocenters. The van der Waals surface area contributed by atoms with Crippen LogP contribution >= 0.6 is 11.6 Å². The molecular formula is C21H21ClN4O. The van der Waals surface area contributed by atoms with Crippen LogP contribution in [0, 0.1) is 13.8 Å². The Kier molecular flexibility index (Phi) is 4.70. The summed E-state index contributed by atoms with van der Waals surface area (Å²) in [6.45, 7) is 4.36. The highest BCUT2D eigenvalue weighted by Crippen LogP contribution is 2.30. The van der Waals surface area contributed by atoms with E-state index in [2.05, 4.69) is 10.1 Å². The van der Waals surface area contributed by atoms with E-state index < -0.39 is 0 Å². The maximum Gasteiger partial charge on any atom is 0.254 e. The fourth-order valence-corrected chi connectivity index (χ4v) is 3.32. The van der Waals surface area contributed by atoms with Crippen LogP contribution in [-0.2, 0) is 6.54 Å². The van der Waals surface area contributed by atoms with Gasteiger partial charge in [-0.25, -0.2) is 4.68 Å². The summed E-state index contributed by atoms with van der Waals surface area (Å²) in [5.74, 6) is 0.0427. The molecule has 1 saturated carbocycles. The van der Waals surface area contributed by atoms with Crippen molar-refractivity contribution < 1.29 is 4.79 Å². The SMILES string of the molecule is Cc1nn(-c2ccc(C(=O)N(Cc3ccccn3)C3CC3)cc2)c(C)c1Cl. The first-order chi connectivity index (χ1) is 13.0. The van der Waals surface area contributed by atoms with Crippen molar-refractivity contribution >= 4 is 17.5 Å². The smallest absolute Gasteiger partial charge is 0.254 e. The Morgan fingerprint density at radius 2 is 1.93 bits per heavy atom. The van der Waals surface area contributed by atoms with Crippen LogP contribution in [0.4, 0.5) is 0 Å². The Morgan fingerprint density at radius 1 is 1.19 bits per heavy atom. The predicted molar refractivity (Wildman–Crippen MR) is 105 cm³/mol. The van der Waals surface area contributed by atoms with Gasteiger partial charge in [-0.05, 0) is 63.1 Å². The molecule has 138 valence electrons. The van der Waals surface area contributed by atoms with E-state index in [1.165, 1.54) is 0 Å². The number of carbonyl (C=O) groups excluding carboxylic acids is 1. The number of carbonyl (C=O) groups is 1. The molecule has 0 aliphatic heterocycles. The van der Waals surface area contributed by atoms with E-state index in [-0.39, 0.29) is 5.91 Å². The highest BCUT2D eigenvalue weighted by atomic mass is 35.5. The molecule has 0 saturated heterocycles. The molecule has 4 rings (SSSR count). The van der Waals surface area contributed by atoms with Crippen molar-refractivity contribution in [2.24, 2.45) is 0 Å². The fraction of sp³-hybridized carbons (Fsp3) is 0.286. The normalized spacial score (nSPS) is 13.6. The fourth-order valence-electron chi connectivity index (χ4n) is 3.21. The predicted octanol–water partition coefficient (Wildman–Crippen LogP) is 4.34. The first kappa shape index (κ1) is 17.7. The van der Waals surface area contributed by atoms with Crippen molar-refractivity contribution in [3.8, 4) is 5.69 Å². The van der Waals surface area contributed by atoms with Crippen molar-refractivity contribution in [1.29, 1.82) is 0 Å². The number of hydrogen-bond acceptors (Lipinski definition) is 3. The first-order valence-corrected chi connectivity index (χ1v) is 9.45. The van der Waals surface area contributed by atoms with Crippen molar-refractivity contribution in [2.45, 2.75) is 39.3 Å². The molecule has 0 N–H and O–H groups in total. The second-order valence-electron chi connectivity index (χ2n) is 6.93. The third-order valence-electron chi connectivity index (χ3n) is 4.87. The molecule has 0 radical (unpaired) electrons. The number of rotatable bonds is 5. The molecule has 1 aliphatic rings. The molecule has 1 aromatic carbocycles. The summed E-state index contributed by atoms with van der Waals surface area (Å²) in [5, 5.41) is 5.14. The summed E-state index contributed by atoms with van der Waals surface area (Å²) in [7, 11) is 0. The lowest BCUT2D eigenvalue weighted by molar-refractivity contribution is 0.0727. The zero-order valence-corrected chi connectivity index (χ0v) is 16.1. The van der Waals surface area contributed by atoms with Gasteiger partial charge in [-0.1, -0.05) is 17.7 Å². The van der Waals surface area contributed by atoms with Crippen molar-refractivity contribution in [2.75, 3.05) is 0 Å². The van der Waals surface area contributed by atoms with Crippen LogP contribution in [-0.4, -0.2) is 31.6 Å². The lowest BCUT2D eigenvalue weighted by Gasteiger charge is -2.22. The van der Waals surface area contributed by atoms with Gasteiger partial charge in [-0.3, -0.25) is 9.78 Å². The summed E-state index contributed by atoms with van der Waals surface area (Å²) in [6, 6.07) is 13.6. The van der Waals surface area contributed by atoms with Crippen molar-refractivity contribution in [1.82, 2.24) is 19.7 Å². The zero-order valence-electron chi connectivity index (χ0n) is 15.4. The number of hydrogen-bond donors (Lipinski definition) is 0. The van der Waals surface area contributed by atoms with Crippen LogP contribution in [0.1, 0.15) is 40.3 Å². The van der Waals surface area contributed by atoms with Crippen LogP contribution in [0.25, 0.3) is 5.69 Å². The van der Waals surface area contributed by atoms with Gasteiger partial charge in [0.2, 0.25) is 0 Å². The maximum atomic E-state index is 13.1. The topological polar surface area (TPSA) is 51.0 Å². The highest BCUT2D eigenvalue weighted by Gasteiger charge is 2.33. The van der Waals surface area contributed by atoms with E-state index in [4.69, 9.17) is 11.6 Å². The number of halogens is 1. The quantitative estimate of drug-likeness (QED) is 0.661. The Hall–Kier alpha value is -2.66. The van der Waals surface area contributed by atoms with Crippen LogP contribution in [0.15, 0.2) is 48.7 Å². The minimum Gasteiger partial charge on any atom is -0.330 e. The van der Waals surface area contributed by atoms with Gasteiger partial charge < -0.3 is 4.90 Å². The van der Waals surface area contributed by atoms with Gasteiger partial charge in [0.1, 0.15) is 0 Å². The van der Waals surface area contributed by atoms with Gasteiger partial charge in [0, 0.05) is 17.8 Å². The van der Waals surface area contributed by atoms with Crippen molar-refractivity contribution in [3.63, 3.8) is 0 Å². The van der Waals surface area contributed by atoms with Crippen LogP contribution in [0.3, 0.4) is 0 Å². The van der Waals surface area contributed by atoms with Gasteiger partial charge in [-0.15, -0.1) is 0 Å². The average Bonchev–Trinajstić information content (AvgIpc) is 3.51. The third kappa shape index (κ3) is 3.60. The van der Waals surface area contributed by atoms with Gasteiger partial charge in [0.15, 0.2) is 0 Å². The highest BCUT2D eigenvalue weighted by molar-refractivity contribution is 6.31. The molecule has 0 bridgehead atoms. The van der Waals surface area contributed by atoms with Crippen LogP contribution < -0.4 is 0 Å². The van der Waals surface area contributed by atoms with Gasteiger partial charge >= 0.3 is 0 Å². The van der Waals surface area contributed by atoms with Gasteiger partial charge in [0.25, 0.3) is 5.91 Å². The van der Waals surface area contributed by atoms with Crippen molar-refractivity contribution in [3.05, 3.63) is 76.3 Å². The average molecular weight is 381 g/mol. The van der Waals surface area contributed by atoms with E-state index >= 15 is 0 Å². The van der Waals surface area contributed by atoms with Crippen LogP contribution in [0.2, 0.25) is 5.02 Å². The molecule has 5 nitrogen and oxygen atoms in total. The molecule has 1 aliphatic carbocycles. The van der Waals surface area contributed by atoms with E-state index in [0.29, 0.717) is 23.2 Å². The van der Waals surface area contributed by atoms with Gasteiger partial charge in [0.05, 0.1) is 34.3 Å². The first-order valence-electron chi connectivity index (χ1n) is 9.07. The molecule has 0 spiro atoms. The standard InChI is InChI=1S/C21H21ClN4O/c1-14-20(22)15(2)26(24-14)19-8-6-16(7-9-19)21(27)25(18-10-11-18)13-17-5-3-4-12-23-17/h3-9,12,18H,10-11,13H2,1-2H3. The number of aromatic nitrogens is 3. The number of benzene rings is 1. The number of aryl methyl sites for hydroxylation is 1. The van der Waals surface area contributed by atoms with Gasteiger partial charge in [-0.2, -0.15) is 5.10 Å². The summed E-state index contributed by atoms with van der Waals surface area (Å²) < 4.78 is 1.80. The largest absolute Gasteiger partial charge is 0.330 e. The Labute approximate surface area is 163 Å². The maximum absolute atomic E-state index is 13.1. The van der Waals surface area contributed by atoms with Crippen LogP contribution in [0.5, 0.6) is 0 Å². The Morgan fingerprint density at radius 3 is 2.48 bits per heavy atom. The lowest BCUT2D eigenvalue weighted by atomic mass is 10.1. The number of nitrogens with zero attached hydrogens (tertiary/aromatic N) is 4. The Balaban J connectivity index is 1.56. The summed E-state index contributed by atoms with van der Waals surface area (Å²) >= 11 is 6.24. The molecule has 0 unspecified atom stereocenters. The zero-order chi connectivity index (χ0) is 19.0. The molecule has 27 heavy (non-hydrogen) atoms. The summed E-state index contributed by atoms with van der Waals surface area (Å²) in [4.78, 5) is 19.3. The second kappa shape index (κ2) is 7.16. The molecule has 3 aromatic rings. The number of amides is 1. The molecule has 6 heteroatoms.